The van der Waals surface area contributed by atoms with Crippen LogP contribution in [-0.4, -0.2) is 19.7 Å². The predicted molar refractivity (Wildman–Crippen MR) is 83.8 cm³/mol. The van der Waals surface area contributed by atoms with Crippen LogP contribution in [0.4, 0.5) is 0 Å². The lowest BCUT2D eigenvalue weighted by Crippen LogP contribution is -2.32. The van der Waals surface area contributed by atoms with Crippen LogP contribution < -0.4 is 10.1 Å². The summed E-state index contributed by atoms with van der Waals surface area (Å²) in [6.07, 6.45) is 6.49. The highest BCUT2D eigenvalue weighted by Gasteiger charge is 2.25. The highest BCUT2D eigenvalue weighted by atomic mass is 79.9. The molecule has 0 bridgehead atoms. The highest BCUT2D eigenvalue weighted by molar-refractivity contribution is 9.10. The number of halogens is 1. The van der Waals surface area contributed by atoms with Gasteiger partial charge in [-0.1, -0.05) is 25.8 Å². The quantitative estimate of drug-likeness (QED) is 0.774. The summed E-state index contributed by atoms with van der Waals surface area (Å²) in [4.78, 5) is 0. The van der Waals surface area contributed by atoms with Crippen LogP contribution in [0.2, 0.25) is 0 Å². The van der Waals surface area contributed by atoms with E-state index in [1.807, 2.05) is 6.07 Å². The molecule has 106 valence electrons. The number of hydrogen-bond acceptors (Lipinski definition) is 2. The van der Waals surface area contributed by atoms with E-state index in [0.29, 0.717) is 6.04 Å². The molecule has 0 aliphatic heterocycles. The van der Waals surface area contributed by atoms with E-state index in [4.69, 9.17) is 4.74 Å². The molecular formula is C16H24BrNO. The molecule has 1 aromatic rings. The maximum Gasteiger partial charge on any atom is 0.133 e. The lowest BCUT2D eigenvalue weighted by atomic mass is 10.0. The minimum absolute atomic E-state index is 0.618. The summed E-state index contributed by atoms with van der Waals surface area (Å²) in [5.41, 5.74) is 1.38. The lowest BCUT2D eigenvalue weighted by molar-refractivity contribution is 0.411. The zero-order valence-corrected chi connectivity index (χ0v) is 13.5. The molecule has 1 aliphatic carbocycles. The Morgan fingerprint density at radius 2 is 2.21 bits per heavy atom. The number of methoxy groups -OCH3 is 1. The van der Waals surface area contributed by atoms with Crippen LogP contribution in [0.3, 0.4) is 0 Å². The Balaban J connectivity index is 1.96. The van der Waals surface area contributed by atoms with Gasteiger partial charge in [0, 0.05) is 6.04 Å². The van der Waals surface area contributed by atoms with Crippen molar-refractivity contribution < 1.29 is 4.74 Å². The van der Waals surface area contributed by atoms with Crippen LogP contribution in [0, 0.1) is 5.92 Å². The van der Waals surface area contributed by atoms with E-state index in [-0.39, 0.29) is 0 Å². The Bertz CT molecular complexity index is 404. The molecule has 1 aromatic carbocycles. The second-order valence-electron chi connectivity index (χ2n) is 5.50. The first kappa shape index (κ1) is 14.9. The van der Waals surface area contributed by atoms with Crippen molar-refractivity contribution in [2.45, 2.75) is 45.1 Å². The third-order valence-corrected chi connectivity index (χ3v) is 4.32. The molecule has 1 fully saturated rings. The van der Waals surface area contributed by atoms with Gasteiger partial charge in [0.25, 0.3) is 0 Å². The van der Waals surface area contributed by atoms with Crippen molar-refractivity contribution >= 4 is 15.9 Å². The minimum Gasteiger partial charge on any atom is -0.496 e. The molecule has 1 N–H and O–H groups in total. The van der Waals surface area contributed by atoms with Gasteiger partial charge < -0.3 is 10.1 Å². The Kier molecular flexibility index (Phi) is 5.71. The molecule has 3 heteroatoms. The van der Waals surface area contributed by atoms with Gasteiger partial charge in [-0.2, -0.15) is 0 Å². The zero-order chi connectivity index (χ0) is 13.7. The fourth-order valence-corrected chi connectivity index (χ4v) is 3.05. The predicted octanol–water partition coefficient (Wildman–Crippen LogP) is 4.17. The van der Waals surface area contributed by atoms with Crippen LogP contribution in [0.25, 0.3) is 0 Å². The van der Waals surface area contributed by atoms with Gasteiger partial charge >= 0.3 is 0 Å². The smallest absolute Gasteiger partial charge is 0.133 e. The van der Waals surface area contributed by atoms with E-state index >= 15 is 0 Å². The van der Waals surface area contributed by atoms with Gasteiger partial charge in [0.2, 0.25) is 0 Å². The Morgan fingerprint density at radius 1 is 1.42 bits per heavy atom. The van der Waals surface area contributed by atoms with Crippen LogP contribution in [0.15, 0.2) is 22.7 Å². The maximum absolute atomic E-state index is 5.28. The molecule has 0 amide bonds. The van der Waals surface area contributed by atoms with E-state index in [9.17, 15) is 0 Å². The summed E-state index contributed by atoms with van der Waals surface area (Å²) in [5, 5.41) is 3.69. The van der Waals surface area contributed by atoms with E-state index in [1.165, 1.54) is 31.2 Å². The number of rotatable bonds is 8. The molecular weight excluding hydrogens is 302 g/mol. The standard InChI is InChI=1S/C16H24BrNO/c1-3-8-18-14(9-12-4-5-12)10-13-6-7-16(19-2)15(17)11-13/h6-7,11-12,14,18H,3-5,8-10H2,1-2H3. The van der Waals surface area contributed by atoms with Crippen molar-refractivity contribution in [3.8, 4) is 5.75 Å². The normalized spacial score (nSPS) is 16.4. The van der Waals surface area contributed by atoms with Crippen LogP contribution in [0.5, 0.6) is 5.75 Å². The molecule has 1 saturated carbocycles. The van der Waals surface area contributed by atoms with Gasteiger partial charge in [0.15, 0.2) is 0 Å². The summed E-state index contributed by atoms with van der Waals surface area (Å²) in [5.74, 6) is 1.88. The second-order valence-corrected chi connectivity index (χ2v) is 6.36. The number of benzene rings is 1. The second kappa shape index (κ2) is 7.30. The molecule has 1 aliphatic rings. The average Bonchev–Trinajstić information content (AvgIpc) is 3.20. The van der Waals surface area contributed by atoms with Crippen LogP contribution in [-0.2, 0) is 6.42 Å². The summed E-state index contributed by atoms with van der Waals surface area (Å²) in [6.45, 7) is 3.35. The van der Waals surface area contributed by atoms with Crippen molar-refractivity contribution in [2.75, 3.05) is 13.7 Å². The van der Waals surface area contributed by atoms with Gasteiger partial charge in [-0.25, -0.2) is 0 Å². The number of hydrogen-bond donors (Lipinski definition) is 1. The summed E-state index contributed by atoms with van der Waals surface area (Å²) >= 11 is 3.57. The molecule has 2 nitrogen and oxygen atoms in total. The first-order valence-electron chi connectivity index (χ1n) is 7.28. The zero-order valence-electron chi connectivity index (χ0n) is 11.9. The first-order chi connectivity index (χ1) is 9.22. The number of ether oxygens (including phenoxy) is 1. The fraction of sp³-hybridized carbons (Fsp3) is 0.625. The molecule has 0 aromatic heterocycles. The first-order valence-corrected chi connectivity index (χ1v) is 8.08. The average molecular weight is 326 g/mol. The molecule has 0 radical (unpaired) electrons. The third kappa shape index (κ3) is 4.81. The van der Waals surface area contributed by atoms with Gasteiger partial charge in [0.1, 0.15) is 5.75 Å². The topological polar surface area (TPSA) is 21.3 Å². The molecule has 1 unspecified atom stereocenters. The summed E-state index contributed by atoms with van der Waals surface area (Å²) < 4.78 is 6.33. The summed E-state index contributed by atoms with van der Waals surface area (Å²) in [7, 11) is 1.71. The monoisotopic (exact) mass is 325 g/mol. The Morgan fingerprint density at radius 3 is 2.79 bits per heavy atom. The molecule has 2 rings (SSSR count). The van der Waals surface area contributed by atoms with Crippen LogP contribution in [0.1, 0.15) is 38.2 Å². The third-order valence-electron chi connectivity index (χ3n) is 3.70. The van der Waals surface area contributed by atoms with Gasteiger partial charge in [-0.3, -0.25) is 0 Å². The fourth-order valence-electron chi connectivity index (χ4n) is 2.46. The van der Waals surface area contributed by atoms with Crippen molar-refractivity contribution in [1.29, 1.82) is 0 Å². The molecule has 19 heavy (non-hydrogen) atoms. The van der Waals surface area contributed by atoms with E-state index in [2.05, 4.69) is 40.3 Å². The summed E-state index contributed by atoms with van der Waals surface area (Å²) in [6, 6.07) is 7.03. The molecule has 1 atom stereocenters. The SMILES string of the molecule is CCCNC(Cc1ccc(OC)c(Br)c1)CC1CC1. The van der Waals surface area contributed by atoms with Crippen molar-refractivity contribution in [1.82, 2.24) is 5.32 Å². The van der Waals surface area contributed by atoms with Gasteiger partial charge in [-0.15, -0.1) is 0 Å². The number of nitrogens with one attached hydrogen (secondary N) is 1. The van der Waals surface area contributed by atoms with Crippen molar-refractivity contribution in [3.05, 3.63) is 28.2 Å². The van der Waals surface area contributed by atoms with Crippen molar-refractivity contribution in [2.24, 2.45) is 5.92 Å². The Labute approximate surface area is 125 Å². The lowest BCUT2D eigenvalue weighted by Gasteiger charge is -2.19. The molecule has 0 heterocycles. The van der Waals surface area contributed by atoms with E-state index in [0.717, 1.165) is 29.1 Å². The Hall–Kier alpha value is -0.540. The molecule has 0 spiro atoms. The van der Waals surface area contributed by atoms with Crippen LogP contribution >= 0.6 is 15.9 Å². The maximum atomic E-state index is 5.28. The highest BCUT2D eigenvalue weighted by Crippen LogP contribution is 2.34. The van der Waals surface area contributed by atoms with E-state index < -0.39 is 0 Å². The minimum atomic E-state index is 0.618. The van der Waals surface area contributed by atoms with Gasteiger partial charge in [-0.05, 0) is 65.4 Å². The molecule has 0 saturated heterocycles. The van der Waals surface area contributed by atoms with Crippen molar-refractivity contribution in [3.63, 3.8) is 0 Å². The van der Waals surface area contributed by atoms with E-state index in [1.54, 1.807) is 7.11 Å². The van der Waals surface area contributed by atoms with Gasteiger partial charge in [0.05, 0.1) is 11.6 Å². The largest absolute Gasteiger partial charge is 0.496 e.